The second kappa shape index (κ2) is 10.6. The van der Waals surface area contributed by atoms with Crippen LogP contribution in [0.3, 0.4) is 0 Å². The van der Waals surface area contributed by atoms with E-state index in [4.69, 9.17) is 14.5 Å². The van der Waals surface area contributed by atoms with E-state index in [0.29, 0.717) is 43.6 Å². The minimum atomic E-state index is -4.57. The Morgan fingerprint density at radius 3 is 2.36 bits per heavy atom. The molecule has 0 bridgehead atoms. The lowest BCUT2D eigenvalue weighted by molar-refractivity contribution is -0.136. The van der Waals surface area contributed by atoms with E-state index in [-0.39, 0.29) is 11.1 Å². The van der Waals surface area contributed by atoms with Gasteiger partial charge in [-0.1, -0.05) is 56.3 Å². The Bertz CT molecular complexity index is 1630. The predicted octanol–water partition coefficient (Wildman–Crippen LogP) is 8.74. The third kappa shape index (κ3) is 4.27. The predicted molar refractivity (Wildman–Crippen MR) is 163 cm³/mol. The zero-order valence-electron chi connectivity index (χ0n) is 24.0. The van der Waals surface area contributed by atoms with Crippen molar-refractivity contribution in [3.8, 4) is 11.5 Å². The van der Waals surface area contributed by atoms with Crippen LogP contribution in [0.1, 0.15) is 44.7 Å². The van der Waals surface area contributed by atoms with Crippen LogP contribution in [0.15, 0.2) is 83.9 Å². The highest BCUT2D eigenvalue weighted by Crippen LogP contribution is 2.58. The van der Waals surface area contributed by atoms with Gasteiger partial charge < -0.3 is 19.7 Å². The number of anilines is 2. The molecule has 0 saturated heterocycles. The molecule has 1 spiro atoms. The minimum Gasteiger partial charge on any atom is -0.492 e. The Morgan fingerprint density at radius 2 is 1.64 bits per heavy atom. The fraction of sp³-hybridized carbons (Fsp3) is 0.324. The monoisotopic (exact) mass is 573 g/mol. The van der Waals surface area contributed by atoms with Gasteiger partial charge in [-0.3, -0.25) is 4.99 Å². The first-order valence-corrected chi connectivity index (χ1v) is 14.5. The van der Waals surface area contributed by atoms with E-state index < -0.39 is 22.9 Å². The van der Waals surface area contributed by atoms with Crippen molar-refractivity contribution in [1.29, 1.82) is 0 Å². The van der Waals surface area contributed by atoms with Gasteiger partial charge in [-0.25, -0.2) is 0 Å². The molecule has 218 valence electrons. The Balaban J connectivity index is 1.51. The zero-order chi connectivity index (χ0) is 29.5. The second-order valence-corrected chi connectivity index (χ2v) is 10.7. The summed E-state index contributed by atoms with van der Waals surface area (Å²) in [5.41, 5.74) is 0.751. The highest BCUT2D eigenvalue weighted by Gasteiger charge is 2.62. The SMILES string of the molecule is CCNc1ccc2c(C(F)(F)F)cc3c(c2c1)N=CC1(O3)N(CCOc2ccccc2)c2ccccc2C1(CC)CC. The van der Waals surface area contributed by atoms with Gasteiger partial charge in [0.25, 0.3) is 0 Å². The molecule has 2 aliphatic heterocycles. The molecule has 0 aliphatic carbocycles. The topological polar surface area (TPSA) is 46.1 Å². The zero-order valence-corrected chi connectivity index (χ0v) is 24.0. The maximum Gasteiger partial charge on any atom is 0.417 e. The first-order valence-electron chi connectivity index (χ1n) is 14.5. The van der Waals surface area contributed by atoms with Crippen LogP contribution in [0, 0.1) is 0 Å². The Kier molecular flexibility index (Phi) is 7.03. The highest BCUT2D eigenvalue weighted by atomic mass is 19.4. The van der Waals surface area contributed by atoms with Gasteiger partial charge in [0, 0.05) is 23.3 Å². The van der Waals surface area contributed by atoms with E-state index in [1.54, 1.807) is 12.1 Å². The number of rotatable bonds is 8. The summed E-state index contributed by atoms with van der Waals surface area (Å²) in [7, 11) is 0. The van der Waals surface area contributed by atoms with Crippen LogP contribution in [-0.4, -0.2) is 31.6 Å². The molecule has 0 fully saturated rings. The van der Waals surface area contributed by atoms with Gasteiger partial charge in [-0.15, -0.1) is 0 Å². The molecule has 0 radical (unpaired) electrons. The smallest absolute Gasteiger partial charge is 0.417 e. The van der Waals surface area contributed by atoms with Gasteiger partial charge in [0.2, 0.25) is 5.72 Å². The summed E-state index contributed by atoms with van der Waals surface area (Å²) < 4.78 is 56.4. The lowest BCUT2D eigenvalue weighted by Gasteiger charge is -2.49. The average molecular weight is 574 g/mol. The normalized spacial score (nSPS) is 18.6. The van der Waals surface area contributed by atoms with Crippen molar-refractivity contribution in [1.82, 2.24) is 0 Å². The van der Waals surface area contributed by atoms with Gasteiger partial charge in [-0.2, -0.15) is 13.2 Å². The number of alkyl halides is 3. The van der Waals surface area contributed by atoms with Crippen molar-refractivity contribution in [3.05, 3.63) is 90.0 Å². The number of hydrogen-bond acceptors (Lipinski definition) is 5. The van der Waals surface area contributed by atoms with Crippen LogP contribution in [0.5, 0.6) is 11.5 Å². The number of nitrogens with zero attached hydrogens (tertiary/aromatic N) is 2. The molecule has 8 heteroatoms. The number of hydrogen-bond donors (Lipinski definition) is 1. The van der Waals surface area contributed by atoms with Crippen molar-refractivity contribution in [2.45, 2.75) is 50.9 Å². The summed E-state index contributed by atoms with van der Waals surface area (Å²) in [4.78, 5) is 7.07. The molecule has 0 amide bonds. The van der Waals surface area contributed by atoms with E-state index in [2.05, 4.69) is 30.1 Å². The molecule has 2 heterocycles. The van der Waals surface area contributed by atoms with Gasteiger partial charge in [0.15, 0.2) is 0 Å². The maximum atomic E-state index is 14.5. The van der Waals surface area contributed by atoms with Gasteiger partial charge in [0.1, 0.15) is 23.8 Å². The fourth-order valence-corrected chi connectivity index (χ4v) is 6.78. The molecule has 42 heavy (non-hydrogen) atoms. The molecule has 4 aromatic rings. The van der Waals surface area contributed by atoms with Crippen molar-refractivity contribution >= 4 is 34.0 Å². The fourth-order valence-electron chi connectivity index (χ4n) is 6.78. The van der Waals surface area contributed by atoms with Crippen molar-refractivity contribution in [3.63, 3.8) is 0 Å². The molecule has 2 aliphatic rings. The Labute approximate surface area is 244 Å². The number of para-hydroxylation sites is 2. The molecular formula is C34H34F3N3O2. The van der Waals surface area contributed by atoms with E-state index in [9.17, 15) is 13.2 Å². The van der Waals surface area contributed by atoms with Crippen molar-refractivity contribution in [2.75, 3.05) is 29.9 Å². The number of nitrogens with one attached hydrogen (secondary N) is 1. The third-order valence-electron chi connectivity index (χ3n) is 8.73. The molecule has 5 nitrogen and oxygen atoms in total. The third-order valence-corrected chi connectivity index (χ3v) is 8.73. The summed E-state index contributed by atoms with van der Waals surface area (Å²) in [5.74, 6) is 0.872. The highest BCUT2D eigenvalue weighted by molar-refractivity contribution is 6.03. The minimum absolute atomic E-state index is 0.0969. The van der Waals surface area contributed by atoms with Crippen LogP contribution in [0.2, 0.25) is 0 Å². The molecule has 1 N–H and O–H groups in total. The number of halogens is 3. The van der Waals surface area contributed by atoms with E-state index in [1.807, 2.05) is 61.7 Å². The van der Waals surface area contributed by atoms with E-state index in [0.717, 1.165) is 28.8 Å². The van der Waals surface area contributed by atoms with Crippen LogP contribution >= 0.6 is 0 Å². The van der Waals surface area contributed by atoms with Gasteiger partial charge in [0.05, 0.1) is 23.7 Å². The van der Waals surface area contributed by atoms with E-state index >= 15 is 0 Å². The summed E-state index contributed by atoms with van der Waals surface area (Å²) in [6.45, 7) is 7.58. The Morgan fingerprint density at radius 1 is 0.905 bits per heavy atom. The molecule has 1 unspecified atom stereocenters. The molecular weight excluding hydrogens is 539 g/mol. The molecule has 4 aromatic carbocycles. The largest absolute Gasteiger partial charge is 0.492 e. The van der Waals surface area contributed by atoms with Crippen LogP contribution in [-0.2, 0) is 11.6 Å². The Hall–Kier alpha value is -4.20. The molecule has 0 aromatic heterocycles. The first kappa shape index (κ1) is 27.9. The standard InChI is InChI=1S/C34H34F3N3O2/c1-4-32(5-2)27-14-10-11-15-29(27)40(18-19-41-24-12-8-7-9-13-24)33(32)22-39-31-26-20-23(38-6-3)16-17-25(26)28(34(35,36)37)21-30(31)42-33/h7-17,20-22,38H,4-6,18-19H2,1-3H3. The van der Waals surface area contributed by atoms with Crippen LogP contribution in [0.25, 0.3) is 10.8 Å². The number of ether oxygens (including phenoxy) is 2. The maximum absolute atomic E-state index is 14.5. The lowest BCUT2D eigenvalue weighted by atomic mass is 9.69. The summed E-state index contributed by atoms with van der Waals surface area (Å²) in [5, 5.41) is 3.70. The number of aliphatic imine (C=N–C) groups is 1. The van der Waals surface area contributed by atoms with Gasteiger partial charge in [-0.05, 0) is 67.1 Å². The van der Waals surface area contributed by atoms with Crippen LogP contribution < -0.4 is 19.7 Å². The summed E-state index contributed by atoms with van der Waals surface area (Å²) >= 11 is 0. The second-order valence-electron chi connectivity index (χ2n) is 10.7. The molecule has 0 saturated carbocycles. The van der Waals surface area contributed by atoms with E-state index in [1.165, 1.54) is 6.07 Å². The average Bonchev–Trinajstić information content (AvgIpc) is 3.21. The van der Waals surface area contributed by atoms with Gasteiger partial charge >= 0.3 is 6.18 Å². The van der Waals surface area contributed by atoms with Crippen molar-refractivity contribution < 1.29 is 22.6 Å². The van der Waals surface area contributed by atoms with Crippen molar-refractivity contribution in [2.24, 2.45) is 4.99 Å². The lowest BCUT2D eigenvalue weighted by Crippen LogP contribution is -2.64. The quantitative estimate of drug-likeness (QED) is 0.229. The van der Waals surface area contributed by atoms with Crippen LogP contribution in [0.4, 0.5) is 30.2 Å². The summed E-state index contributed by atoms with van der Waals surface area (Å²) in [6.07, 6.45) is -1.36. The molecule has 6 rings (SSSR count). The summed E-state index contributed by atoms with van der Waals surface area (Å²) in [6, 6.07) is 23.7. The number of benzene rings is 4. The molecule has 1 atom stereocenters. The number of fused-ring (bicyclic) bond motifs is 4. The first-order chi connectivity index (χ1) is 20.3.